The Morgan fingerprint density at radius 3 is 2.66 bits per heavy atom. The average Bonchev–Trinajstić information content (AvgIpc) is 2.88. The molecule has 3 unspecified atom stereocenters. The molecular formula is C28H30F3N3O. The number of hydrogen-bond donors (Lipinski definition) is 1. The molecule has 0 saturated heterocycles. The van der Waals surface area contributed by atoms with Crippen LogP contribution in [0.2, 0.25) is 0 Å². The molecule has 0 amide bonds. The molecule has 2 bridgehead atoms. The van der Waals surface area contributed by atoms with Gasteiger partial charge in [-0.1, -0.05) is 25.0 Å². The van der Waals surface area contributed by atoms with Gasteiger partial charge in [-0.05, 0) is 79.0 Å². The number of fused-ring (bicyclic) bond motifs is 2. The zero-order valence-electron chi connectivity index (χ0n) is 19.8. The molecule has 0 aliphatic heterocycles. The van der Waals surface area contributed by atoms with Crippen molar-refractivity contribution in [3.8, 4) is 17.0 Å². The van der Waals surface area contributed by atoms with Crippen molar-refractivity contribution in [2.45, 2.75) is 50.1 Å². The third-order valence-corrected chi connectivity index (χ3v) is 7.88. The largest absolute Gasteiger partial charge is 0.481 e. The highest BCUT2D eigenvalue weighted by atomic mass is 19.4. The van der Waals surface area contributed by atoms with E-state index in [-0.39, 0.29) is 5.41 Å². The van der Waals surface area contributed by atoms with Crippen molar-refractivity contribution in [3.63, 3.8) is 0 Å². The van der Waals surface area contributed by atoms with Crippen LogP contribution in [-0.2, 0) is 11.6 Å². The molecule has 1 N–H and O–H groups in total. The molecule has 184 valence electrons. The van der Waals surface area contributed by atoms with Gasteiger partial charge >= 0.3 is 6.18 Å². The highest BCUT2D eigenvalue weighted by Crippen LogP contribution is 2.52. The molecule has 2 aromatic heterocycles. The molecular weight excluding hydrogens is 451 g/mol. The van der Waals surface area contributed by atoms with Gasteiger partial charge in [-0.15, -0.1) is 0 Å². The Bertz CT molecular complexity index is 1180. The van der Waals surface area contributed by atoms with Gasteiger partial charge in [0, 0.05) is 41.8 Å². The standard InChI is InChI=1S/C28H30F3N3O/c1-35-26-15-20(8-12-33-26)19-4-2-6-24(14-19)34-18-22-7-11-27(10-3-5-21(22)17-27)25-16-23(9-13-32-25)28(29,30)31/h2,4,6,8-9,12-16,21-22,34H,3,5,7,10-11,17-18H2,1H3. The van der Waals surface area contributed by atoms with Gasteiger partial charge < -0.3 is 10.1 Å². The summed E-state index contributed by atoms with van der Waals surface area (Å²) in [5.74, 6) is 1.58. The number of hydrogen-bond acceptors (Lipinski definition) is 4. The summed E-state index contributed by atoms with van der Waals surface area (Å²) in [6.45, 7) is 0.861. The van der Waals surface area contributed by atoms with Crippen molar-refractivity contribution in [2.75, 3.05) is 19.0 Å². The lowest BCUT2D eigenvalue weighted by molar-refractivity contribution is -0.137. The van der Waals surface area contributed by atoms with Crippen LogP contribution in [0.1, 0.15) is 49.8 Å². The number of halogens is 3. The Labute approximate surface area is 204 Å². The van der Waals surface area contributed by atoms with Crippen LogP contribution in [0, 0.1) is 11.8 Å². The second-order valence-corrected chi connectivity index (χ2v) is 9.91. The molecule has 1 aromatic carbocycles. The first-order chi connectivity index (χ1) is 16.9. The minimum absolute atomic E-state index is 0.221. The zero-order valence-corrected chi connectivity index (χ0v) is 19.8. The van der Waals surface area contributed by atoms with Gasteiger partial charge in [-0.2, -0.15) is 13.2 Å². The number of methoxy groups -OCH3 is 1. The molecule has 3 aromatic rings. The van der Waals surface area contributed by atoms with E-state index in [1.54, 1.807) is 13.3 Å². The lowest BCUT2D eigenvalue weighted by Crippen LogP contribution is -2.43. The Morgan fingerprint density at radius 2 is 1.83 bits per heavy atom. The molecule has 5 rings (SSSR count). The summed E-state index contributed by atoms with van der Waals surface area (Å²) < 4.78 is 45.2. The monoisotopic (exact) mass is 481 g/mol. The fourth-order valence-electron chi connectivity index (χ4n) is 6.02. The predicted octanol–water partition coefficient (Wildman–Crippen LogP) is 7.12. The fourth-order valence-corrected chi connectivity index (χ4v) is 6.02. The van der Waals surface area contributed by atoms with Gasteiger partial charge in [0.2, 0.25) is 5.88 Å². The molecule has 2 aliphatic carbocycles. The van der Waals surface area contributed by atoms with E-state index in [4.69, 9.17) is 4.74 Å². The highest BCUT2D eigenvalue weighted by Gasteiger charge is 2.46. The van der Waals surface area contributed by atoms with Crippen LogP contribution in [0.15, 0.2) is 60.9 Å². The molecule has 0 spiro atoms. The van der Waals surface area contributed by atoms with E-state index in [0.29, 0.717) is 23.4 Å². The molecule has 2 saturated carbocycles. The number of pyridine rings is 2. The quantitative estimate of drug-likeness (QED) is 0.407. The third-order valence-electron chi connectivity index (χ3n) is 7.88. The molecule has 2 fully saturated rings. The number of nitrogens with one attached hydrogen (secondary N) is 1. The summed E-state index contributed by atoms with van der Waals surface area (Å²) in [7, 11) is 1.61. The summed E-state index contributed by atoms with van der Waals surface area (Å²) >= 11 is 0. The summed E-state index contributed by atoms with van der Waals surface area (Å²) in [5, 5.41) is 3.63. The lowest BCUT2D eigenvalue weighted by atomic mass is 9.57. The first kappa shape index (κ1) is 23.6. The van der Waals surface area contributed by atoms with Crippen LogP contribution in [0.5, 0.6) is 5.88 Å². The molecule has 0 radical (unpaired) electrons. The second kappa shape index (κ2) is 9.51. The Morgan fingerprint density at radius 1 is 1.00 bits per heavy atom. The maximum atomic E-state index is 13.3. The summed E-state index contributed by atoms with van der Waals surface area (Å²) in [5.41, 5.74) is 3.01. The summed E-state index contributed by atoms with van der Waals surface area (Å²) in [6, 6.07) is 14.6. The van der Waals surface area contributed by atoms with Crippen LogP contribution in [0.4, 0.5) is 18.9 Å². The summed E-state index contributed by atoms with van der Waals surface area (Å²) in [4.78, 5) is 8.61. The van der Waals surface area contributed by atoms with Gasteiger partial charge in [-0.3, -0.25) is 4.98 Å². The van der Waals surface area contributed by atoms with E-state index in [0.717, 1.165) is 68.0 Å². The van der Waals surface area contributed by atoms with Crippen LogP contribution < -0.4 is 10.1 Å². The number of rotatable bonds is 6. The van der Waals surface area contributed by atoms with Gasteiger partial charge in [0.15, 0.2) is 0 Å². The van der Waals surface area contributed by atoms with Crippen molar-refractivity contribution < 1.29 is 17.9 Å². The molecule has 7 heteroatoms. The minimum Gasteiger partial charge on any atom is -0.481 e. The number of nitrogens with zero attached hydrogens (tertiary/aromatic N) is 2. The van der Waals surface area contributed by atoms with E-state index in [2.05, 4.69) is 33.5 Å². The highest BCUT2D eigenvalue weighted by molar-refractivity contribution is 5.68. The van der Waals surface area contributed by atoms with E-state index in [9.17, 15) is 13.2 Å². The van der Waals surface area contributed by atoms with E-state index in [1.807, 2.05) is 18.2 Å². The minimum atomic E-state index is -4.33. The SMILES string of the molecule is COc1cc(-c2cccc(NCC3CCC4(c5cc(C(F)(F)F)ccn5)CCCC3C4)c2)ccn1. The molecule has 2 heterocycles. The number of alkyl halides is 3. The first-order valence-electron chi connectivity index (χ1n) is 12.2. The number of ether oxygens (including phenoxy) is 1. The average molecular weight is 482 g/mol. The van der Waals surface area contributed by atoms with E-state index < -0.39 is 11.7 Å². The zero-order chi connectivity index (χ0) is 24.5. The third kappa shape index (κ3) is 5.00. The second-order valence-electron chi connectivity index (χ2n) is 9.91. The van der Waals surface area contributed by atoms with Crippen molar-refractivity contribution in [1.82, 2.24) is 9.97 Å². The van der Waals surface area contributed by atoms with Crippen molar-refractivity contribution in [2.24, 2.45) is 11.8 Å². The van der Waals surface area contributed by atoms with Crippen molar-refractivity contribution in [1.29, 1.82) is 0 Å². The van der Waals surface area contributed by atoms with Crippen molar-refractivity contribution >= 4 is 5.69 Å². The lowest BCUT2D eigenvalue weighted by Gasteiger charge is -2.48. The van der Waals surface area contributed by atoms with Crippen LogP contribution in [0.25, 0.3) is 11.1 Å². The molecule has 3 atom stereocenters. The smallest absolute Gasteiger partial charge is 0.416 e. The van der Waals surface area contributed by atoms with Crippen LogP contribution in [-0.4, -0.2) is 23.6 Å². The Hall–Kier alpha value is -3.09. The molecule has 2 aliphatic rings. The predicted molar refractivity (Wildman–Crippen MR) is 130 cm³/mol. The molecule has 35 heavy (non-hydrogen) atoms. The Balaban J connectivity index is 1.27. The summed E-state index contributed by atoms with van der Waals surface area (Å²) in [6.07, 6.45) is 4.64. The van der Waals surface area contributed by atoms with E-state index >= 15 is 0 Å². The topological polar surface area (TPSA) is 47.0 Å². The first-order valence-corrected chi connectivity index (χ1v) is 12.2. The number of aromatic nitrogens is 2. The van der Waals surface area contributed by atoms with E-state index in [1.165, 1.54) is 12.3 Å². The Kier molecular flexibility index (Phi) is 6.43. The van der Waals surface area contributed by atoms with Crippen molar-refractivity contribution in [3.05, 3.63) is 72.2 Å². The van der Waals surface area contributed by atoms with Crippen LogP contribution >= 0.6 is 0 Å². The maximum absolute atomic E-state index is 13.3. The number of benzene rings is 1. The normalized spacial score (nSPS) is 24.1. The van der Waals surface area contributed by atoms with Gasteiger partial charge in [0.05, 0.1) is 12.7 Å². The van der Waals surface area contributed by atoms with Gasteiger partial charge in [-0.25, -0.2) is 4.98 Å². The van der Waals surface area contributed by atoms with Crippen LogP contribution in [0.3, 0.4) is 0 Å². The van der Waals surface area contributed by atoms with Gasteiger partial charge in [0.1, 0.15) is 0 Å². The van der Waals surface area contributed by atoms with Gasteiger partial charge in [0.25, 0.3) is 0 Å². The maximum Gasteiger partial charge on any atom is 0.416 e. The fraction of sp³-hybridized carbons (Fsp3) is 0.429. The number of anilines is 1. The molecule has 4 nitrogen and oxygen atoms in total.